The second kappa shape index (κ2) is 16.2. The summed E-state index contributed by atoms with van der Waals surface area (Å²) in [4.78, 5) is 5.51. The van der Waals surface area contributed by atoms with Crippen LogP contribution in [-0.2, 0) is 0 Å². The van der Waals surface area contributed by atoms with Crippen LogP contribution in [0.2, 0.25) is 0 Å². The Hall–Kier alpha value is -6.23. The fraction of sp³-hybridized carbons (Fsp3) is 0.173. The van der Waals surface area contributed by atoms with Crippen LogP contribution in [-0.4, -0.2) is 11.1 Å². The molecule has 2 heterocycles. The van der Waals surface area contributed by atoms with Gasteiger partial charge < -0.3 is 11.1 Å². The fourth-order valence-electron chi connectivity index (χ4n) is 8.51. The molecule has 1 aliphatic heterocycles. The standard InChI is InChI=1S/C52H48N4/c53-35-46(38-18-10-4-11-19-38)51-45-25-15-14-24-44(45)49(50(56-51)42-20-12-5-13-21-42)41-32-30-40(31-33-41)48-34-47(54-52(55-48)43-22-6-1-2-7-23-43)39-28-26-37(27-29-39)36-16-8-3-9-17-36/h3,5-6,8-9,12-18,20-35,48,52,54-55H,1-2,4,7,10-11,19,53H2. The van der Waals surface area contributed by atoms with Gasteiger partial charge in [-0.05, 0) is 95.4 Å². The number of rotatable bonds is 8. The number of pyridine rings is 1. The molecule has 1 aromatic heterocycles. The van der Waals surface area contributed by atoms with Crippen LogP contribution in [0.5, 0.6) is 0 Å². The second-order valence-corrected chi connectivity index (χ2v) is 15.1. The third-order valence-corrected chi connectivity index (χ3v) is 11.5. The van der Waals surface area contributed by atoms with Crippen molar-refractivity contribution < 1.29 is 0 Å². The molecule has 4 nitrogen and oxygen atoms in total. The molecule has 6 aromatic rings. The van der Waals surface area contributed by atoms with E-state index in [-0.39, 0.29) is 12.2 Å². The van der Waals surface area contributed by atoms with E-state index in [0.29, 0.717) is 0 Å². The zero-order valence-corrected chi connectivity index (χ0v) is 31.8. The van der Waals surface area contributed by atoms with E-state index in [9.17, 15) is 0 Å². The third-order valence-electron chi connectivity index (χ3n) is 11.5. The van der Waals surface area contributed by atoms with E-state index in [1.54, 1.807) is 6.20 Å². The van der Waals surface area contributed by atoms with Crippen LogP contribution in [0.15, 0.2) is 181 Å². The lowest BCUT2D eigenvalue weighted by Crippen LogP contribution is -2.47. The van der Waals surface area contributed by atoms with E-state index < -0.39 is 0 Å². The highest BCUT2D eigenvalue weighted by molar-refractivity contribution is 6.07. The summed E-state index contributed by atoms with van der Waals surface area (Å²) in [6.07, 6.45) is 21.3. The minimum Gasteiger partial charge on any atom is -0.404 e. The first-order valence-electron chi connectivity index (χ1n) is 20.2. The quantitative estimate of drug-likeness (QED) is 0.146. The van der Waals surface area contributed by atoms with Crippen LogP contribution in [0.4, 0.5) is 0 Å². The van der Waals surface area contributed by atoms with Crippen LogP contribution >= 0.6 is 0 Å². The van der Waals surface area contributed by atoms with Crippen molar-refractivity contribution in [1.82, 2.24) is 15.6 Å². The number of aromatic nitrogens is 1. The number of hydrogen-bond donors (Lipinski definition) is 3. The SMILES string of the molecule is NC=C(C1=CCCCC1)c1nc(-c2ccccc2)c(-c2ccc(C3C=C(c4ccc(-c5ccccc5)cc4)NC(C4=CCCCC=C4)N3)cc2)c2ccccc12. The normalized spacial score (nSPS) is 18.7. The van der Waals surface area contributed by atoms with Crippen LogP contribution < -0.4 is 16.4 Å². The molecule has 0 saturated carbocycles. The van der Waals surface area contributed by atoms with Gasteiger partial charge in [-0.2, -0.15) is 0 Å². The molecule has 56 heavy (non-hydrogen) atoms. The predicted molar refractivity (Wildman–Crippen MR) is 235 cm³/mol. The first kappa shape index (κ1) is 35.5. The van der Waals surface area contributed by atoms with E-state index in [4.69, 9.17) is 10.7 Å². The lowest BCUT2D eigenvalue weighted by Gasteiger charge is -2.34. The largest absolute Gasteiger partial charge is 0.404 e. The lowest BCUT2D eigenvalue weighted by atomic mass is 9.87. The molecule has 9 rings (SSSR count). The molecule has 0 spiro atoms. The van der Waals surface area contributed by atoms with E-state index in [1.807, 2.05) is 0 Å². The van der Waals surface area contributed by atoms with E-state index in [2.05, 4.69) is 174 Å². The molecule has 5 aromatic carbocycles. The molecule has 0 radical (unpaired) electrons. The zero-order valence-electron chi connectivity index (χ0n) is 31.8. The van der Waals surface area contributed by atoms with Gasteiger partial charge in [0.1, 0.15) is 6.17 Å². The smallest absolute Gasteiger partial charge is 0.104 e. The number of fused-ring (bicyclic) bond motifs is 1. The van der Waals surface area contributed by atoms with Crippen molar-refractivity contribution in [3.05, 3.63) is 198 Å². The average Bonchev–Trinajstić information content (AvgIpc) is 3.58. The van der Waals surface area contributed by atoms with Crippen molar-refractivity contribution in [1.29, 1.82) is 0 Å². The van der Waals surface area contributed by atoms with Gasteiger partial charge in [0.25, 0.3) is 0 Å². The van der Waals surface area contributed by atoms with Gasteiger partial charge in [-0.25, -0.2) is 4.98 Å². The Bertz CT molecular complexity index is 2490. The van der Waals surface area contributed by atoms with E-state index in [1.165, 1.54) is 58.0 Å². The average molecular weight is 729 g/mol. The summed E-state index contributed by atoms with van der Waals surface area (Å²) in [5.41, 5.74) is 21.3. The molecule has 4 heteroatoms. The maximum Gasteiger partial charge on any atom is 0.104 e. The summed E-state index contributed by atoms with van der Waals surface area (Å²) in [7, 11) is 0. The molecule has 3 aliphatic rings. The molecule has 2 atom stereocenters. The van der Waals surface area contributed by atoms with Crippen molar-refractivity contribution in [3.63, 3.8) is 0 Å². The van der Waals surface area contributed by atoms with Crippen molar-refractivity contribution in [2.45, 2.75) is 57.2 Å². The summed E-state index contributed by atoms with van der Waals surface area (Å²) < 4.78 is 0. The number of benzene rings is 5. The summed E-state index contributed by atoms with van der Waals surface area (Å²) in [6, 6.07) is 47.9. The highest BCUT2D eigenvalue weighted by atomic mass is 15.2. The predicted octanol–water partition coefficient (Wildman–Crippen LogP) is 12.3. The minimum absolute atomic E-state index is 0.00325. The zero-order chi connectivity index (χ0) is 37.7. The second-order valence-electron chi connectivity index (χ2n) is 15.1. The number of nitrogens with one attached hydrogen (secondary N) is 2. The van der Waals surface area contributed by atoms with Gasteiger partial charge in [-0.1, -0.05) is 158 Å². The Labute approximate surface area is 330 Å². The van der Waals surface area contributed by atoms with Crippen molar-refractivity contribution >= 4 is 22.0 Å². The van der Waals surface area contributed by atoms with Crippen molar-refractivity contribution in [3.8, 4) is 33.5 Å². The monoisotopic (exact) mass is 728 g/mol. The summed E-state index contributed by atoms with van der Waals surface area (Å²) >= 11 is 0. The van der Waals surface area contributed by atoms with E-state index in [0.717, 1.165) is 70.4 Å². The van der Waals surface area contributed by atoms with Crippen LogP contribution in [0.25, 0.3) is 55.6 Å². The third kappa shape index (κ3) is 7.28. The molecule has 2 aliphatic carbocycles. The molecule has 0 amide bonds. The fourth-order valence-corrected chi connectivity index (χ4v) is 8.51. The highest BCUT2D eigenvalue weighted by Gasteiger charge is 2.26. The minimum atomic E-state index is -0.0164. The lowest BCUT2D eigenvalue weighted by molar-refractivity contribution is 0.480. The Morgan fingerprint density at radius 1 is 0.625 bits per heavy atom. The van der Waals surface area contributed by atoms with Gasteiger partial charge >= 0.3 is 0 Å². The Kier molecular flexibility index (Phi) is 10.3. The summed E-state index contributed by atoms with van der Waals surface area (Å²) in [5.74, 6) is 0. The van der Waals surface area contributed by atoms with Gasteiger partial charge in [0.05, 0.1) is 17.4 Å². The topological polar surface area (TPSA) is 63.0 Å². The molecular formula is C52H48N4. The number of allylic oxidation sites excluding steroid dienone is 5. The maximum atomic E-state index is 6.43. The number of nitrogens with zero attached hydrogens (tertiary/aromatic N) is 1. The van der Waals surface area contributed by atoms with Crippen LogP contribution in [0.3, 0.4) is 0 Å². The molecule has 0 fully saturated rings. The molecule has 276 valence electrons. The first-order valence-corrected chi connectivity index (χ1v) is 20.2. The van der Waals surface area contributed by atoms with E-state index >= 15 is 0 Å². The number of hydrogen-bond acceptors (Lipinski definition) is 4. The summed E-state index contributed by atoms with van der Waals surface area (Å²) in [6.45, 7) is 0. The molecule has 0 bridgehead atoms. The molecule has 4 N–H and O–H groups in total. The van der Waals surface area contributed by atoms with Crippen molar-refractivity contribution in [2.75, 3.05) is 0 Å². The van der Waals surface area contributed by atoms with Gasteiger partial charge in [-0.3, -0.25) is 5.32 Å². The van der Waals surface area contributed by atoms with Gasteiger partial charge in [0.15, 0.2) is 0 Å². The highest BCUT2D eigenvalue weighted by Crippen LogP contribution is 2.42. The molecule has 0 saturated heterocycles. The Morgan fingerprint density at radius 3 is 2.02 bits per heavy atom. The maximum absolute atomic E-state index is 6.43. The van der Waals surface area contributed by atoms with Gasteiger partial charge in [0.2, 0.25) is 0 Å². The Morgan fingerprint density at radius 2 is 1.29 bits per heavy atom. The van der Waals surface area contributed by atoms with Gasteiger partial charge in [0, 0.05) is 34.0 Å². The Balaban J connectivity index is 1.12. The van der Waals surface area contributed by atoms with Crippen LogP contribution in [0, 0.1) is 0 Å². The molecular weight excluding hydrogens is 681 g/mol. The van der Waals surface area contributed by atoms with Crippen molar-refractivity contribution in [2.24, 2.45) is 5.73 Å². The number of nitrogens with two attached hydrogens (primary N) is 1. The van der Waals surface area contributed by atoms with Crippen LogP contribution in [0.1, 0.15) is 67.8 Å². The van der Waals surface area contributed by atoms with Gasteiger partial charge in [-0.15, -0.1) is 0 Å². The first-order chi connectivity index (χ1) is 27.7. The summed E-state index contributed by atoms with van der Waals surface area (Å²) in [5, 5.41) is 10.1. The molecule has 2 unspecified atom stereocenters.